The lowest BCUT2D eigenvalue weighted by Crippen LogP contribution is -2.23. The van der Waals surface area contributed by atoms with Crippen molar-refractivity contribution in [2.45, 2.75) is 12.5 Å². The molecule has 0 amide bonds. The van der Waals surface area contributed by atoms with Crippen LogP contribution in [0.3, 0.4) is 0 Å². The SMILES string of the molecule is OCCOCCCNCC(O)c1cc(Cl)ccc1Cl. The normalized spacial score (nSPS) is 12.6. The van der Waals surface area contributed by atoms with Crippen molar-refractivity contribution in [1.82, 2.24) is 5.32 Å². The first-order chi connectivity index (χ1) is 9.15. The van der Waals surface area contributed by atoms with E-state index in [0.29, 0.717) is 35.4 Å². The van der Waals surface area contributed by atoms with Gasteiger partial charge in [0.1, 0.15) is 0 Å². The molecule has 1 atom stereocenters. The molecule has 4 nitrogen and oxygen atoms in total. The highest BCUT2D eigenvalue weighted by atomic mass is 35.5. The lowest BCUT2D eigenvalue weighted by Gasteiger charge is -2.14. The van der Waals surface area contributed by atoms with Crippen molar-refractivity contribution in [3.8, 4) is 0 Å². The van der Waals surface area contributed by atoms with Gasteiger partial charge in [-0.05, 0) is 31.2 Å². The van der Waals surface area contributed by atoms with Gasteiger partial charge < -0.3 is 20.3 Å². The van der Waals surface area contributed by atoms with Gasteiger partial charge in [-0.3, -0.25) is 0 Å². The Hall–Kier alpha value is -0.360. The Balaban J connectivity index is 2.23. The van der Waals surface area contributed by atoms with Crippen LogP contribution in [0.5, 0.6) is 0 Å². The molecule has 0 aliphatic rings. The van der Waals surface area contributed by atoms with E-state index in [2.05, 4.69) is 5.32 Å². The van der Waals surface area contributed by atoms with Gasteiger partial charge in [0.15, 0.2) is 0 Å². The number of hydrogen-bond donors (Lipinski definition) is 3. The number of aliphatic hydroxyl groups excluding tert-OH is 2. The third-order valence-corrected chi connectivity index (χ3v) is 3.11. The van der Waals surface area contributed by atoms with E-state index >= 15 is 0 Å². The van der Waals surface area contributed by atoms with Crippen LogP contribution in [0, 0.1) is 0 Å². The minimum Gasteiger partial charge on any atom is -0.394 e. The molecule has 0 saturated carbocycles. The Morgan fingerprint density at radius 2 is 2.05 bits per heavy atom. The molecule has 1 unspecified atom stereocenters. The third kappa shape index (κ3) is 6.56. The van der Waals surface area contributed by atoms with Gasteiger partial charge in [-0.1, -0.05) is 23.2 Å². The number of benzene rings is 1. The fourth-order valence-corrected chi connectivity index (χ4v) is 2.01. The first-order valence-corrected chi connectivity index (χ1v) is 6.93. The molecule has 19 heavy (non-hydrogen) atoms. The zero-order valence-corrected chi connectivity index (χ0v) is 12.1. The van der Waals surface area contributed by atoms with Crippen LogP contribution in [0.25, 0.3) is 0 Å². The van der Waals surface area contributed by atoms with E-state index < -0.39 is 6.10 Å². The molecule has 108 valence electrons. The van der Waals surface area contributed by atoms with Crippen LogP contribution in [0.1, 0.15) is 18.1 Å². The molecule has 1 rings (SSSR count). The van der Waals surface area contributed by atoms with Gasteiger partial charge in [0.2, 0.25) is 0 Å². The fourth-order valence-electron chi connectivity index (χ4n) is 1.58. The van der Waals surface area contributed by atoms with Gasteiger partial charge in [0.05, 0.1) is 19.3 Å². The Bertz CT molecular complexity index is 377. The molecule has 0 heterocycles. The highest BCUT2D eigenvalue weighted by molar-refractivity contribution is 6.33. The Labute approximate surface area is 123 Å². The van der Waals surface area contributed by atoms with Gasteiger partial charge in [-0.2, -0.15) is 0 Å². The molecule has 0 aliphatic heterocycles. The summed E-state index contributed by atoms with van der Waals surface area (Å²) in [7, 11) is 0. The highest BCUT2D eigenvalue weighted by Crippen LogP contribution is 2.25. The summed E-state index contributed by atoms with van der Waals surface area (Å²) in [5.74, 6) is 0. The van der Waals surface area contributed by atoms with Gasteiger partial charge >= 0.3 is 0 Å². The second kappa shape index (κ2) is 9.53. The third-order valence-electron chi connectivity index (χ3n) is 2.53. The van der Waals surface area contributed by atoms with E-state index in [1.54, 1.807) is 18.2 Å². The van der Waals surface area contributed by atoms with Crippen molar-refractivity contribution in [3.63, 3.8) is 0 Å². The fraction of sp³-hybridized carbons (Fsp3) is 0.538. The van der Waals surface area contributed by atoms with Crippen molar-refractivity contribution in [3.05, 3.63) is 33.8 Å². The Morgan fingerprint density at radius 3 is 2.79 bits per heavy atom. The molecule has 6 heteroatoms. The molecular weight excluding hydrogens is 289 g/mol. The molecule has 1 aromatic carbocycles. The zero-order valence-electron chi connectivity index (χ0n) is 10.6. The smallest absolute Gasteiger partial charge is 0.0929 e. The minimum absolute atomic E-state index is 0.0411. The van der Waals surface area contributed by atoms with Gasteiger partial charge in [0.25, 0.3) is 0 Å². The number of halogens is 2. The maximum atomic E-state index is 10.00. The van der Waals surface area contributed by atoms with E-state index in [1.165, 1.54) is 0 Å². The summed E-state index contributed by atoms with van der Waals surface area (Å²) >= 11 is 11.9. The summed E-state index contributed by atoms with van der Waals surface area (Å²) < 4.78 is 5.12. The standard InChI is InChI=1S/C13H19Cl2NO3/c14-10-2-3-12(15)11(8-10)13(18)9-16-4-1-6-19-7-5-17/h2-3,8,13,16-18H,1,4-7,9H2. The predicted molar refractivity (Wildman–Crippen MR) is 76.8 cm³/mol. The summed E-state index contributed by atoms with van der Waals surface area (Å²) in [6, 6.07) is 5.03. The van der Waals surface area contributed by atoms with E-state index in [-0.39, 0.29) is 6.61 Å². The predicted octanol–water partition coefficient (Wildman–Crippen LogP) is 2.02. The number of hydrogen-bond acceptors (Lipinski definition) is 4. The molecule has 3 N–H and O–H groups in total. The number of ether oxygens (including phenoxy) is 1. The van der Waals surface area contributed by atoms with Crippen LogP contribution in [0.2, 0.25) is 10.0 Å². The second-order valence-corrected chi connectivity index (χ2v) is 4.92. The van der Waals surface area contributed by atoms with Gasteiger partial charge in [-0.25, -0.2) is 0 Å². The van der Waals surface area contributed by atoms with Crippen LogP contribution in [-0.2, 0) is 4.74 Å². The van der Waals surface area contributed by atoms with Crippen molar-refractivity contribution in [2.24, 2.45) is 0 Å². The molecule has 0 radical (unpaired) electrons. The molecule has 0 bridgehead atoms. The lowest BCUT2D eigenvalue weighted by atomic mass is 10.1. The van der Waals surface area contributed by atoms with E-state index in [0.717, 1.165) is 13.0 Å². The summed E-state index contributed by atoms with van der Waals surface area (Å²) in [4.78, 5) is 0. The first kappa shape index (κ1) is 16.7. The zero-order chi connectivity index (χ0) is 14.1. The van der Waals surface area contributed by atoms with Crippen LogP contribution in [-0.4, -0.2) is 43.1 Å². The molecule has 0 fully saturated rings. The summed E-state index contributed by atoms with van der Waals surface area (Å²) in [5, 5.41) is 22.7. The largest absolute Gasteiger partial charge is 0.394 e. The van der Waals surface area contributed by atoms with E-state index in [1.807, 2.05) is 0 Å². The molecular formula is C13H19Cl2NO3. The van der Waals surface area contributed by atoms with Crippen LogP contribution >= 0.6 is 23.2 Å². The van der Waals surface area contributed by atoms with E-state index in [9.17, 15) is 5.11 Å². The van der Waals surface area contributed by atoms with Gasteiger partial charge in [-0.15, -0.1) is 0 Å². The second-order valence-electron chi connectivity index (χ2n) is 4.08. The summed E-state index contributed by atoms with van der Waals surface area (Å²) in [6.45, 7) is 2.11. The molecule has 0 saturated heterocycles. The molecule has 1 aromatic rings. The number of nitrogens with one attached hydrogen (secondary N) is 1. The minimum atomic E-state index is -0.690. The average molecular weight is 308 g/mol. The lowest BCUT2D eigenvalue weighted by molar-refractivity contribution is 0.0899. The topological polar surface area (TPSA) is 61.7 Å². The quantitative estimate of drug-likeness (QED) is 0.611. The maximum absolute atomic E-state index is 10.00. The average Bonchev–Trinajstić information content (AvgIpc) is 2.40. The number of rotatable bonds is 9. The molecule has 0 spiro atoms. The van der Waals surface area contributed by atoms with Crippen molar-refractivity contribution >= 4 is 23.2 Å². The van der Waals surface area contributed by atoms with Crippen molar-refractivity contribution in [1.29, 1.82) is 0 Å². The first-order valence-electron chi connectivity index (χ1n) is 6.17. The highest BCUT2D eigenvalue weighted by Gasteiger charge is 2.11. The van der Waals surface area contributed by atoms with Crippen molar-refractivity contribution in [2.75, 3.05) is 32.9 Å². The van der Waals surface area contributed by atoms with Crippen LogP contribution < -0.4 is 5.32 Å². The van der Waals surface area contributed by atoms with Crippen LogP contribution in [0.15, 0.2) is 18.2 Å². The Kier molecular flexibility index (Phi) is 8.37. The summed E-state index contributed by atoms with van der Waals surface area (Å²) in [5.41, 5.74) is 0.623. The Morgan fingerprint density at radius 1 is 1.26 bits per heavy atom. The monoisotopic (exact) mass is 307 g/mol. The number of aliphatic hydroxyl groups is 2. The van der Waals surface area contributed by atoms with Crippen molar-refractivity contribution < 1.29 is 14.9 Å². The van der Waals surface area contributed by atoms with E-state index in [4.69, 9.17) is 33.0 Å². The van der Waals surface area contributed by atoms with Crippen LogP contribution in [0.4, 0.5) is 0 Å². The molecule has 0 aromatic heterocycles. The molecule has 0 aliphatic carbocycles. The van der Waals surface area contributed by atoms with Gasteiger partial charge in [0, 0.05) is 28.8 Å². The maximum Gasteiger partial charge on any atom is 0.0929 e. The summed E-state index contributed by atoms with van der Waals surface area (Å²) in [6.07, 6.45) is 0.125.